The van der Waals surface area contributed by atoms with Crippen LogP contribution in [0.5, 0.6) is 0 Å². The normalized spacial score (nSPS) is 24.9. The summed E-state index contributed by atoms with van der Waals surface area (Å²) >= 11 is 0. The molecule has 1 amide bonds. The van der Waals surface area contributed by atoms with E-state index in [1.165, 1.54) is 16.7 Å². The van der Waals surface area contributed by atoms with Crippen molar-refractivity contribution in [3.8, 4) is 11.1 Å². The van der Waals surface area contributed by atoms with Crippen LogP contribution in [0.15, 0.2) is 54.6 Å². The lowest BCUT2D eigenvalue weighted by atomic mass is 9.74. The summed E-state index contributed by atoms with van der Waals surface area (Å²) in [5.74, 6) is 0.292. The molecule has 5 heteroatoms. The lowest BCUT2D eigenvalue weighted by molar-refractivity contribution is -0.140. The Morgan fingerprint density at radius 3 is 2.41 bits per heavy atom. The molecule has 29 heavy (non-hydrogen) atoms. The van der Waals surface area contributed by atoms with Crippen LogP contribution in [-0.4, -0.2) is 72.9 Å². The smallest absolute Gasteiger partial charge is 0.248 e. The van der Waals surface area contributed by atoms with Gasteiger partial charge in [-0.3, -0.25) is 9.69 Å². The number of hydrogen-bond acceptors (Lipinski definition) is 4. The van der Waals surface area contributed by atoms with Gasteiger partial charge in [-0.15, -0.1) is 0 Å². The van der Waals surface area contributed by atoms with E-state index in [9.17, 15) is 9.90 Å². The van der Waals surface area contributed by atoms with Crippen LogP contribution in [0.1, 0.15) is 24.3 Å². The van der Waals surface area contributed by atoms with Gasteiger partial charge in [-0.25, -0.2) is 0 Å². The Bertz CT molecular complexity index is 809. The summed E-state index contributed by atoms with van der Waals surface area (Å²) < 4.78 is 5.07. The Balaban J connectivity index is 1.56. The van der Waals surface area contributed by atoms with E-state index in [2.05, 4.69) is 53.4 Å². The lowest BCUT2D eigenvalue weighted by Crippen LogP contribution is -2.68. The van der Waals surface area contributed by atoms with Gasteiger partial charge in [-0.1, -0.05) is 54.6 Å². The van der Waals surface area contributed by atoms with Gasteiger partial charge in [0, 0.05) is 38.2 Å². The summed E-state index contributed by atoms with van der Waals surface area (Å²) in [6.45, 7) is 2.75. The maximum atomic E-state index is 12.5. The van der Waals surface area contributed by atoms with E-state index in [4.69, 9.17) is 4.74 Å². The van der Waals surface area contributed by atoms with Gasteiger partial charge < -0.3 is 14.7 Å². The van der Waals surface area contributed by atoms with Crippen molar-refractivity contribution in [2.24, 2.45) is 0 Å². The van der Waals surface area contributed by atoms with Gasteiger partial charge in [0.1, 0.15) is 6.61 Å². The van der Waals surface area contributed by atoms with E-state index in [0.717, 1.165) is 25.9 Å². The molecule has 4 rings (SSSR count). The molecule has 2 aliphatic rings. The Morgan fingerprint density at radius 1 is 1.03 bits per heavy atom. The summed E-state index contributed by atoms with van der Waals surface area (Å²) in [6.07, 6.45) is 2.04. The highest BCUT2D eigenvalue weighted by atomic mass is 16.5. The molecule has 2 aromatic rings. The van der Waals surface area contributed by atoms with Crippen LogP contribution in [0.4, 0.5) is 0 Å². The van der Waals surface area contributed by atoms with E-state index in [0.29, 0.717) is 6.54 Å². The highest BCUT2D eigenvalue weighted by Gasteiger charge is 2.49. The number of amides is 1. The molecule has 5 nitrogen and oxygen atoms in total. The minimum atomic E-state index is 0.0555. The third-order valence-electron chi connectivity index (χ3n) is 6.39. The van der Waals surface area contributed by atoms with Gasteiger partial charge in [0.2, 0.25) is 5.91 Å². The number of aliphatic hydroxyl groups is 1. The zero-order valence-corrected chi connectivity index (χ0v) is 17.0. The number of rotatable bonds is 5. The topological polar surface area (TPSA) is 53.0 Å². The number of methoxy groups -OCH3 is 1. The molecule has 0 bridgehead atoms. The van der Waals surface area contributed by atoms with E-state index >= 15 is 0 Å². The standard InChI is InChI=1S/C24H30N2O3/c1-29-17-23(28)25-13-5-6-14-26-21(15-25)24(22(26)16-27)20-11-9-19(10-12-20)18-7-3-2-4-8-18/h2-4,7-12,21-22,24,27H,5-6,13-17H2,1H3/t21-,22-,24+/m0/s1. The summed E-state index contributed by atoms with van der Waals surface area (Å²) in [7, 11) is 1.57. The molecular weight excluding hydrogens is 364 g/mol. The van der Waals surface area contributed by atoms with Crippen molar-refractivity contribution in [3.63, 3.8) is 0 Å². The third-order valence-corrected chi connectivity index (χ3v) is 6.39. The fourth-order valence-electron chi connectivity index (χ4n) is 4.91. The average Bonchev–Trinajstić information content (AvgIpc) is 2.74. The van der Waals surface area contributed by atoms with Crippen molar-refractivity contribution in [2.45, 2.75) is 30.8 Å². The molecule has 0 spiro atoms. The second kappa shape index (κ2) is 9.08. The van der Waals surface area contributed by atoms with Crippen LogP contribution in [0.3, 0.4) is 0 Å². The van der Waals surface area contributed by atoms with E-state index in [1.54, 1.807) is 7.11 Å². The Morgan fingerprint density at radius 2 is 1.72 bits per heavy atom. The third kappa shape index (κ3) is 4.08. The first-order valence-electron chi connectivity index (χ1n) is 10.5. The van der Waals surface area contributed by atoms with Crippen LogP contribution >= 0.6 is 0 Å². The van der Waals surface area contributed by atoms with Crippen LogP contribution < -0.4 is 0 Å². The maximum absolute atomic E-state index is 12.5. The fourth-order valence-corrected chi connectivity index (χ4v) is 4.91. The van der Waals surface area contributed by atoms with E-state index in [-0.39, 0.29) is 37.1 Å². The summed E-state index contributed by atoms with van der Waals surface area (Å²) in [5.41, 5.74) is 3.64. The monoisotopic (exact) mass is 394 g/mol. The first-order valence-corrected chi connectivity index (χ1v) is 10.5. The van der Waals surface area contributed by atoms with Crippen molar-refractivity contribution < 1.29 is 14.6 Å². The van der Waals surface area contributed by atoms with Gasteiger partial charge >= 0.3 is 0 Å². The number of carbonyl (C=O) groups is 1. The predicted octanol–water partition coefficient (Wildman–Crippen LogP) is 2.75. The molecule has 2 heterocycles. The number of carbonyl (C=O) groups excluding carboxylic acids is 1. The molecule has 2 aliphatic heterocycles. The molecule has 0 unspecified atom stereocenters. The average molecular weight is 395 g/mol. The van der Waals surface area contributed by atoms with Crippen LogP contribution in [-0.2, 0) is 9.53 Å². The molecule has 2 aromatic carbocycles. The van der Waals surface area contributed by atoms with Gasteiger partial charge in [-0.05, 0) is 36.1 Å². The van der Waals surface area contributed by atoms with Crippen LogP contribution in [0.25, 0.3) is 11.1 Å². The summed E-state index contributed by atoms with van der Waals surface area (Å²) in [5, 5.41) is 10.1. The van der Waals surface area contributed by atoms with Gasteiger partial charge in [-0.2, -0.15) is 0 Å². The SMILES string of the molecule is COCC(=O)N1CCCCN2[C@@H](CO)[C@H](c3ccc(-c4ccccc4)cc3)[C@@H]2C1. The Hall–Kier alpha value is -2.21. The van der Waals surface area contributed by atoms with Crippen LogP contribution in [0, 0.1) is 0 Å². The molecule has 0 aromatic heterocycles. The number of ether oxygens (including phenoxy) is 1. The predicted molar refractivity (Wildman–Crippen MR) is 114 cm³/mol. The van der Waals surface area contributed by atoms with Crippen molar-refractivity contribution in [1.29, 1.82) is 0 Å². The molecule has 2 saturated heterocycles. The minimum absolute atomic E-state index is 0.0555. The second-order valence-corrected chi connectivity index (χ2v) is 8.05. The largest absolute Gasteiger partial charge is 0.395 e. The van der Waals surface area contributed by atoms with Gasteiger partial charge in [0.05, 0.1) is 6.61 Å². The second-order valence-electron chi connectivity index (χ2n) is 8.05. The zero-order chi connectivity index (χ0) is 20.2. The highest BCUT2D eigenvalue weighted by molar-refractivity contribution is 5.77. The van der Waals surface area contributed by atoms with Crippen LogP contribution in [0.2, 0.25) is 0 Å². The Kier molecular flexibility index (Phi) is 6.28. The molecule has 154 valence electrons. The zero-order valence-electron chi connectivity index (χ0n) is 17.0. The van der Waals surface area contributed by atoms with E-state index < -0.39 is 0 Å². The molecule has 3 atom stereocenters. The number of benzene rings is 2. The molecule has 1 N–H and O–H groups in total. The number of hydrogen-bond donors (Lipinski definition) is 1. The van der Waals surface area contributed by atoms with Gasteiger partial charge in [0.15, 0.2) is 0 Å². The number of fused-ring (bicyclic) bond motifs is 1. The molecule has 2 fully saturated rings. The number of nitrogens with zero attached hydrogens (tertiary/aromatic N) is 2. The maximum Gasteiger partial charge on any atom is 0.248 e. The molecular formula is C24H30N2O3. The van der Waals surface area contributed by atoms with Crippen molar-refractivity contribution in [2.75, 3.05) is 40.0 Å². The first-order chi connectivity index (χ1) is 14.2. The molecule has 0 radical (unpaired) electrons. The van der Waals surface area contributed by atoms with E-state index in [1.807, 2.05) is 11.0 Å². The van der Waals surface area contributed by atoms with Crippen molar-refractivity contribution >= 4 is 5.91 Å². The minimum Gasteiger partial charge on any atom is -0.395 e. The number of aliphatic hydroxyl groups excluding tert-OH is 1. The quantitative estimate of drug-likeness (QED) is 0.847. The van der Waals surface area contributed by atoms with Crippen molar-refractivity contribution in [3.05, 3.63) is 60.2 Å². The highest BCUT2D eigenvalue weighted by Crippen LogP contribution is 2.42. The first kappa shape index (κ1) is 20.1. The fraction of sp³-hybridized carbons (Fsp3) is 0.458. The summed E-state index contributed by atoms with van der Waals surface area (Å²) in [4.78, 5) is 16.8. The van der Waals surface area contributed by atoms with Crippen molar-refractivity contribution in [1.82, 2.24) is 9.80 Å². The molecule has 0 saturated carbocycles. The van der Waals surface area contributed by atoms with Gasteiger partial charge in [0.25, 0.3) is 0 Å². The summed E-state index contributed by atoms with van der Waals surface area (Å²) in [6, 6.07) is 19.4. The Labute approximate surface area is 172 Å². The molecule has 0 aliphatic carbocycles. The lowest BCUT2D eigenvalue weighted by Gasteiger charge is -2.57.